The zero-order valence-electron chi connectivity index (χ0n) is 28.5. The second-order valence-corrected chi connectivity index (χ2v) is 13.3. The van der Waals surface area contributed by atoms with Gasteiger partial charge in [-0.05, 0) is 54.6 Å². The van der Waals surface area contributed by atoms with Crippen LogP contribution in [0.3, 0.4) is 0 Å². The van der Waals surface area contributed by atoms with Crippen molar-refractivity contribution in [3.8, 4) is 45.4 Å². The van der Waals surface area contributed by atoms with E-state index in [1.165, 1.54) is 0 Å². The molecular weight excluding hydrogens is 649 g/mol. The summed E-state index contributed by atoms with van der Waals surface area (Å²) in [6, 6.07) is 63.5. The van der Waals surface area contributed by atoms with Crippen LogP contribution in [0.1, 0.15) is 0 Å². The average Bonchev–Trinajstić information content (AvgIpc) is 3.88. The predicted octanol–water partition coefficient (Wildman–Crippen LogP) is 11.3. The predicted molar refractivity (Wildman–Crippen MR) is 216 cm³/mol. The highest BCUT2D eigenvalue weighted by Crippen LogP contribution is 2.41. The van der Waals surface area contributed by atoms with Crippen LogP contribution in [0, 0.1) is 0 Å². The van der Waals surface area contributed by atoms with Crippen molar-refractivity contribution in [3.05, 3.63) is 182 Å². The van der Waals surface area contributed by atoms with Gasteiger partial charge in [0.25, 0.3) is 0 Å². The Bertz CT molecular complexity index is 3160. The van der Waals surface area contributed by atoms with Gasteiger partial charge in [-0.1, -0.05) is 127 Å². The summed E-state index contributed by atoms with van der Waals surface area (Å²) in [6.45, 7) is 0. The van der Waals surface area contributed by atoms with Crippen molar-refractivity contribution in [2.75, 3.05) is 0 Å². The molecule has 4 aromatic heterocycles. The second kappa shape index (κ2) is 11.6. The first-order valence-electron chi connectivity index (χ1n) is 17.8. The largest absolute Gasteiger partial charge is 0.293 e. The van der Waals surface area contributed by atoms with Crippen LogP contribution in [-0.4, -0.2) is 28.5 Å². The van der Waals surface area contributed by atoms with E-state index in [2.05, 4.69) is 171 Å². The number of imidazole rings is 2. The van der Waals surface area contributed by atoms with Gasteiger partial charge in [-0.15, -0.1) is 0 Å². The molecule has 11 aromatic rings. The molecule has 0 radical (unpaired) electrons. The zero-order valence-corrected chi connectivity index (χ0v) is 28.5. The van der Waals surface area contributed by atoms with Gasteiger partial charge in [0, 0.05) is 38.5 Å². The normalized spacial score (nSPS) is 11.8. The molecule has 0 N–H and O–H groups in total. The molecule has 4 heterocycles. The minimum Gasteiger partial charge on any atom is -0.293 e. The zero-order chi connectivity index (χ0) is 34.9. The first-order chi connectivity index (χ1) is 26.3. The summed E-state index contributed by atoms with van der Waals surface area (Å²) in [7, 11) is 0. The summed E-state index contributed by atoms with van der Waals surface area (Å²) < 4.78 is 6.88. The van der Waals surface area contributed by atoms with Gasteiger partial charge in [-0.25, -0.2) is 15.0 Å². The first kappa shape index (κ1) is 29.4. The van der Waals surface area contributed by atoms with Gasteiger partial charge in [0.15, 0.2) is 5.82 Å². The molecule has 6 nitrogen and oxygen atoms in total. The third-order valence-corrected chi connectivity index (χ3v) is 10.3. The van der Waals surface area contributed by atoms with Crippen molar-refractivity contribution in [2.45, 2.75) is 0 Å². The molecule has 0 spiro atoms. The number of benzene rings is 7. The van der Waals surface area contributed by atoms with Crippen molar-refractivity contribution in [1.82, 2.24) is 28.5 Å². The summed E-state index contributed by atoms with van der Waals surface area (Å²) in [4.78, 5) is 15.8. The highest BCUT2D eigenvalue weighted by atomic mass is 15.2. The highest BCUT2D eigenvalue weighted by Gasteiger charge is 2.24. The lowest BCUT2D eigenvalue weighted by Gasteiger charge is -2.13. The number of hydrogen-bond acceptors (Lipinski definition) is 3. The standard InChI is InChI=1S/C47H30N6/c1-4-16-31(17-5-1)44-43(49-47-51(34-20-8-3-9-21-34)41-26-14-15-27-42(41)53(44)47)33-28-29-40-37(30-33)35-22-11-13-25-39(35)52(40)46-36-23-10-12-24-38(36)48-45(50-46)32-18-6-2-7-19-32/h1-30H. The highest BCUT2D eigenvalue weighted by molar-refractivity contribution is 6.11. The second-order valence-electron chi connectivity index (χ2n) is 13.3. The van der Waals surface area contributed by atoms with Crippen LogP contribution in [-0.2, 0) is 0 Å². The minimum absolute atomic E-state index is 0.699. The maximum absolute atomic E-state index is 5.51. The molecule has 0 fully saturated rings. The van der Waals surface area contributed by atoms with Crippen LogP contribution >= 0.6 is 0 Å². The smallest absolute Gasteiger partial charge is 0.220 e. The fourth-order valence-electron chi connectivity index (χ4n) is 7.93. The monoisotopic (exact) mass is 678 g/mol. The van der Waals surface area contributed by atoms with E-state index < -0.39 is 0 Å². The fourth-order valence-corrected chi connectivity index (χ4v) is 7.93. The Kier molecular flexibility index (Phi) is 6.45. The molecule has 0 aliphatic heterocycles. The average molecular weight is 679 g/mol. The van der Waals surface area contributed by atoms with Gasteiger partial charge in [0.05, 0.1) is 39.0 Å². The van der Waals surface area contributed by atoms with Gasteiger partial charge in [-0.3, -0.25) is 13.5 Å². The van der Waals surface area contributed by atoms with E-state index in [1.807, 2.05) is 24.3 Å². The molecule has 0 aliphatic rings. The van der Waals surface area contributed by atoms with Crippen molar-refractivity contribution in [3.63, 3.8) is 0 Å². The summed E-state index contributed by atoms with van der Waals surface area (Å²) in [6.07, 6.45) is 0. The van der Waals surface area contributed by atoms with Gasteiger partial charge >= 0.3 is 0 Å². The van der Waals surface area contributed by atoms with Crippen LogP contribution in [0.5, 0.6) is 0 Å². The van der Waals surface area contributed by atoms with E-state index in [4.69, 9.17) is 15.0 Å². The molecule has 11 rings (SSSR count). The van der Waals surface area contributed by atoms with Crippen LogP contribution in [0.2, 0.25) is 0 Å². The van der Waals surface area contributed by atoms with Gasteiger partial charge in [0.2, 0.25) is 5.78 Å². The third-order valence-electron chi connectivity index (χ3n) is 10.3. The molecule has 0 saturated heterocycles. The summed E-state index contributed by atoms with van der Waals surface area (Å²) >= 11 is 0. The number of aromatic nitrogens is 6. The van der Waals surface area contributed by atoms with Gasteiger partial charge in [0.1, 0.15) is 5.82 Å². The SMILES string of the molecule is c1ccc(-c2nc(-n3c4ccccc4c4cc(-c5nc6n(-c7ccccc7)c7ccccc7n6c5-c5ccccc5)ccc43)c3ccccc3n2)cc1. The molecule has 0 amide bonds. The van der Waals surface area contributed by atoms with Crippen LogP contribution in [0.25, 0.3) is 94.9 Å². The molecule has 0 aliphatic carbocycles. The van der Waals surface area contributed by atoms with Crippen LogP contribution in [0.4, 0.5) is 0 Å². The lowest BCUT2D eigenvalue weighted by molar-refractivity contribution is 1.08. The first-order valence-corrected chi connectivity index (χ1v) is 17.8. The Morgan fingerprint density at radius 3 is 1.75 bits per heavy atom. The molecule has 7 aromatic carbocycles. The van der Waals surface area contributed by atoms with E-state index in [9.17, 15) is 0 Å². The topological polar surface area (TPSA) is 52.9 Å². The van der Waals surface area contributed by atoms with Crippen molar-refractivity contribution < 1.29 is 0 Å². The maximum Gasteiger partial charge on any atom is 0.220 e. The third kappa shape index (κ3) is 4.49. The van der Waals surface area contributed by atoms with Crippen molar-refractivity contribution in [1.29, 1.82) is 0 Å². The van der Waals surface area contributed by atoms with Crippen LogP contribution < -0.4 is 0 Å². The van der Waals surface area contributed by atoms with E-state index in [1.54, 1.807) is 0 Å². The molecule has 0 saturated carbocycles. The molecule has 248 valence electrons. The minimum atomic E-state index is 0.699. The Labute approximate surface area is 304 Å². The van der Waals surface area contributed by atoms with E-state index in [-0.39, 0.29) is 0 Å². The number of nitrogens with zero attached hydrogens (tertiary/aromatic N) is 6. The molecule has 53 heavy (non-hydrogen) atoms. The lowest BCUT2D eigenvalue weighted by atomic mass is 10.0. The van der Waals surface area contributed by atoms with Crippen LogP contribution in [0.15, 0.2) is 182 Å². The molecule has 0 unspecified atom stereocenters. The molecular formula is C47H30N6. The number of para-hydroxylation sites is 5. The maximum atomic E-state index is 5.51. The summed E-state index contributed by atoms with van der Waals surface area (Å²) in [5.41, 5.74) is 11.5. The quantitative estimate of drug-likeness (QED) is 0.182. The molecule has 0 atom stereocenters. The number of rotatable bonds is 5. The van der Waals surface area contributed by atoms with E-state index in [0.717, 1.165) is 89.1 Å². The Morgan fingerprint density at radius 2 is 0.981 bits per heavy atom. The Hall–Kier alpha value is -7.31. The summed E-state index contributed by atoms with van der Waals surface area (Å²) in [5.74, 6) is 2.43. The number of fused-ring (bicyclic) bond motifs is 7. The Morgan fingerprint density at radius 1 is 0.377 bits per heavy atom. The van der Waals surface area contributed by atoms with Gasteiger partial charge in [-0.2, -0.15) is 0 Å². The Balaban J connectivity index is 1.20. The van der Waals surface area contributed by atoms with E-state index >= 15 is 0 Å². The van der Waals surface area contributed by atoms with Crippen molar-refractivity contribution in [2.24, 2.45) is 0 Å². The van der Waals surface area contributed by atoms with Gasteiger partial charge < -0.3 is 0 Å². The number of hydrogen-bond donors (Lipinski definition) is 0. The molecule has 6 heteroatoms. The van der Waals surface area contributed by atoms with Crippen molar-refractivity contribution >= 4 is 49.5 Å². The molecule has 0 bridgehead atoms. The van der Waals surface area contributed by atoms with E-state index in [0.29, 0.717) is 5.82 Å². The summed E-state index contributed by atoms with van der Waals surface area (Å²) in [5, 5.41) is 3.28. The fraction of sp³-hybridized carbons (Fsp3) is 0. The lowest BCUT2D eigenvalue weighted by Crippen LogP contribution is -2.02.